The maximum Gasteiger partial charge on any atom is 0.247 e. The molecule has 21 heavy (non-hydrogen) atoms. The number of hydrogen-bond acceptors (Lipinski definition) is 4. The number of aromatic nitrogens is 1. The highest BCUT2D eigenvalue weighted by Gasteiger charge is 2.17. The fourth-order valence-corrected chi connectivity index (χ4v) is 3.09. The number of nitrogens with one attached hydrogen (secondary N) is 1. The molecule has 3 aromatic rings. The summed E-state index contributed by atoms with van der Waals surface area (Å²) in [5, 5.41) is 3.91. The predicted molar refractivity (Wildman–Crippen MR) is 86.6 cm³/mol. The molecular formula is C15H12ClN3OS. The first-order valence-electron chi connectivity index (χ1n) is 6.31. The monoisotopic (exact) mass is 317 g/mol. The summed E-state index contributed by atoms with van der Waals surface area (Å²) in [4.78, 5) is 16.5. The molecule has 1 atom stereocenters. The van der Waals surface area contributed by atoms with E-state index in [1.165, 1.54) is 11.3 Å². The van der Waals surface area contributed by atoms with Crippen LogP contribution in [0.1, 0.15) is 11.6 Å². The van der Waals surface area contributed by atoms with E-state index in [2.05, 4.69) is 10.3 Å². The number of anilines is 1. The van der Waals surface area contributed by atoms with Crippen molar-refractivity contribution in [2.24, 2.45) is 5.73 Å². The lowest BCUT2D eigenvalue weighted by Crippen LogP contribution is -2.27. The minimum absolute atomic E-state index is 0.286. The first kappa shape index (κ1) is 14.0. The molecule has 106 valence electrons. The van der Waals surface area contributed by atoms with E-state index in [1.54, 1.807) is 6.07 Å². The molecule has 1 amide bonds. The molecule has 0 unspecified atom stereocenters. The zero-order chi connectivity index (χ0) is 14.8. The molecule has 3 N–H and O–H groups in total. The molecule has 0 spiro atoms. The number of nitrogens with two attached hydrogens (primary N) is 1. The molecule has 0 radical (unpaired) electrons. The lowest BCUT2D eigenvalue weighted by molar-refractivity contribution is -0.117. The third-order valence-electron chi connectivity index (χ3n) is 3.02. The van der Waals surface area contributed by atoms with Crippen LogP contribution in [0.5, 0.6) is 0 Å². The van der Waals surface area contributed by atoms with Crippen LogP contribution in [0.3, 0.4) is 0 Å². The summed E-state index contributed by atoms with van der Waals surface area (Å²) >= 11 is 7.31. The molecule has 0 saturated heterocycles. The minimum Gasteiger partial charge on any atom is -0.316 e. The molecule has 3 rings (SSSR count). The number of carbonyl (C=O) groups is 1. The summed E-state index contributed by atoms with van der Waals surface area (Å²) in [5.74, 6) is -0.286. The quantitative estimate of drug-likeness (QED) is 0.775. The number of thiazole rings is 1. The maximum atomic E-state index is 12.2. The Morgan fingerprint density at radius 1 is 1.24 bits per heavy atom. The van der Waals surface area contributed by atoms with Crippen LogP contribution in [-0.4, -0.2) is 10.9 Å². The van der Waals surface area contributed by atoms with Gasteiger partial charge in [0.2, 0.25) is 5.91 Å². The fourth-order valence-electron chi connectivity index (χ4n) is 1.95. The van der Waals surface area contributed by atoms with Gasteiger partial charge in [-0.1, -0.05) is 53.3 Å². The Labute approximate surface area is 130 Å². The smallest absolute Gasteiger partial charge is 0.247 e. The van der Waals surface area contributed by atoms with E-state index in [9.17, 15) is 4.79 Å². The van der Waals surface area contributed by atoms with Crippen LogP contribution in [0.15, 0.2) is 48.5 Å². The van der Waals surface area contributed by atoms with E-state index in [1.807, 2.05) is 42.5 Å². The van der Waals surface area contributed by atoms with Crippen molar-refractivity contribution < 1.29 is 4.79 Å². The van der Waals surface area contributed by atoms with Crippen LogP contribution >= 0.6 is 22.9 Å². The van der Waals surface area contributed by atoms with Gasteiger partial charge in [-0.25, -0.2) is 4.98 Å². The zero-order valence-electron chi connectivity index (χ0n) is 10.9. The maximum absolute atomic E-state index is 12.2. The molecule has 0 fully saturated rings. The molecular weight excluding hydrogens is 306 g/mol. The highest BCUT2D eigenvalue weighted by Crippen LogP contribution is 2.28. The Morgan fingerprint density at radius 3 is 2.76 bits per heavy atom. The number of hydrogen-bond donors (Lipinski definition) is 2. The number of amides is 1. The molecule has 0 aliphatic heterocycles. The van der Waals surface area contributed by atoms with E-state index in [4.69, 9.17) is 17.3 Å². The standard InChI is InChI=1S/C15H12ClN3OS/c16-10-6-7-11-12(8-10)21-15(18-11)19-14(20)13(17)9-4-2-1-3-5-9/h1-8,13H,17H2,(H,18,19,20)/t13-/m0/s1. The third-order valence-corrected chi connectivity index (χ3v) is 4.19. The van der Waals surface area contributed by atoms with Crippen molar-refractivity contribution in [1.82, 2.24) is 4.98 Å². The van der Waals surface area contributed by atoms with Crippen molar-refractivity contribution in [2.45, 2.75) is 6.04 Å². The molecule has 2 aromatic carbocycles. The number of benzene rings is 2. The van der Waals surface area contributed by atoms with Gasteiger partial charge in [-0.2, -0.15) is 0 Å². The summed E-state index contributed by atoms with van der Waals surface area (Å²) < 4.78 is 0.922. The predicted octanol–water partition coefficient (Wildman–Crippen LogP) is 3.59. The number of carbonyl (C=O) groups excluding carboxylic acids is 1. The Morgan fingerprint density at radius 2 is 2.00 bits per heavy atom. The van der Waals surface area contributed by atoms with Crippen LogP contribution in [0.25, 0.3) is 10.2 Å². The van der Waals surface area contributed by atoms with E-state index in [0.29, 0.717) is 10.2 Å². The highest BCUT2D eigenvalue weighted by atomic mass is 35.5. The van der Waals surface area contributed by atoms with Crippen LogP contribution in [-0.2, 0) is 4.79 Å². The SMILES string of the molecule is N[C@H](C(=O)Nc1nc2ccc(Cl)cc2s1)c1ccccc1. The Balaban J connectivity index is 1.80. The second-order valence-electron chi connectivity index (χ2n) is 4.51. The van der Waals surface area contributed by atoms with Gasteiger partial charge >= 0.3 is 0 Å². The van der Waals surface area contributed by atoms with E-state index >= 15 is 0 Å². The third kappa shape index (κ3) is 3.05. The first-order valence-corrected chi connectivity index (χ1v) is 7.50. The van der Waals surface area contributed by atoms with Gasteiger partial charge in [0.15, 0.2) is 5.13 Å². The molecule has 1 heterocycles. The van der Waals surface area contributed by atoms with E-state index < -0.39 is 6.04 Å². The summed E-state index contributed by atoms with van der Waals surface area (Å²) in [6.45, 7) is 0. The average Bonchev–Trinajstić information content (AvgIpc) is 2.88. The van der Waals surface area contributed by atoms with Gasteiger partial charge in [0.1, 0.15) is 6.04 Å². The molecule has 4 nitrogen and oxygen atoms in total. The summed E-state index contributed by atoms with van der Waals surface area (Å²) in [6, 6.07) is 13.9. The average molecular weight is 318 g/mol. The first-order chi connectivity index (χ1) is 10.1. The van der Waals surface area contributed by atoms with Crippen LogP contribution in [0.4, 0.5) is 5.13 Å². The van der Waals surface area contributed by atoms with Crippen LogP contribution < -0.4 is 11.1 Å². The molecule has 0 aliphatic carbocycles. The molecule has 0 saturated carbocycles. The second kappa shape index (κ2) is 5.81. The van der Waals surface area contributed by atoms with Crippen molar-refractivity contribution in [2.75, 3.05) is 5.32 Å². The zero-order valence-corrected chi connectivity index (χ0v) is 12.5. The van der Waals surface area contributed by atoms with Gasteiger partial charge in [-0.15, -0.1) is 0 Å². The number of halogens is 1. The van der Waals surface area contributed by atoms with E-state index in [0.717, 1.165) is 15.8 Å². The molecule has 0 bridgehead atoms. The summed E-state index contributed by atoms with van der Waals surface area (Å²) in [6.07, 6.45) is 0. The Hall–Kier alpha value is -1.95. The van der Waals surface area contributed by atoms with Crippen molar-refractivity contribution in [1.29, 1.82) is 0 Å². The number of nitrogens with zero attached hydrogens (tertiary/aromatic N) is 1. The molecule has 6 heteroatoms. The highest BCUT2D eigenvalue weighted by molar-refractivity contribution is 7.22. The normalized spacial score (nSPS) is 12.3. The minimum atomic E-state index is -0.721. The number of fused-ring (bicyclic) bond motifs is 1. The van der Waals surface area contributed by atoms with Crippen LogP contribution in [0.2, 0.25) is 5.02 Å². The Kier molecular flexibility index (Phi) is 3.88. The lowest BCUT2D eigenvalue weighted by atomic mass is 10.1. The largest absolute Gasteiger partial charge is 0.316 e. The van der Waals surface area contributed by atoms with Gasteiger partial charge in [0.25, 0.3) is 0 Å². The fraction of sp³-hybridized carbons (Fsp3) is 0.0667. The van der Waals surface area contributed by atoms with Gasteiger partial charge in [0.05, 0.1) is 10.2 Å². The van der Waals surface area contributed by atoms with Gasteiger partial charge in [-0.3, -0.25) is 4.79 Å². The van der Waals surface area contributed by atoms with Crippen molar-refractivity contribution >= 4 is 44.2 Å². The van der Waals surface area contributed by atoms with Crippen LogP contribution in [0, 0.1) is 0 Å². The van der Waals surface area contributed by atoms with Gasteiger partial charge < -0.3 is 11.1 Å². The van der Waals surface area contributed by atoms with Crippen molar-refractivity contribution in [3.63, 3.8) is 0 Å². The summed E-state index contributed by atoms with van der Waals surface area (Å²) in [7, 11) is 0. The van der Waals surface area contributed by atoms with Crippen molar-refractivity contribution in [3.8, 4) is 0 Å². The van der Waals surface area contributed by atoms with Gasteiger partial charge in [-0.05, 0) is 23.8 Å². The second-order valence-corrected chi connectivity index (χ2v) is 5.98. The van der Waals surface area contributed by atoms with E-state index in [-0.39, 0.29) is 5.91 Å². The summed E-state index contributed by atoms with van der Waals surface area (Å²) in [5.41, 5.74) is 7.51. The van der Waals surface area contributed by atoms with Crippen molar-refractivity contribution in [3.05, 3.63) is 59.1 Å². The van der Waals surface area contributed by atoms with Gasteiger partial charge in [0, 0.05) is 5.02 Å². The topological polar surface area (TPSA) is 68.0 Å². The number of rotatable bonds is 3. The lowest BCUT2D eigenvalue weighted by Gasteiger charge is -2.10. The molecule has 1 aromatic heterocycles. The molecule has 0 aliphatic rings. The Bertz CT molecular complexity index is 788.